The van der Waals surface area contributed by atoms with Gasteiger partial charge in [-0.15, -0.1) is 6.58 Å². The van der Waals surface area contributed by atoms with Gasteiger partial charge >= 0.3 is 0 Å². The summed E-state index contributed by atoms with van der Waals surface area (Å²) in [5.41, 5.74) is 1.33. The second-order valence-electron chi connectivity index (χ2n) is 4.28. The molecule has 0 amide bonds. The van der Waals surface area contributed by atoms with E-state index in [9.17, 15) is 0 Å². The van der Waals surface area contributed by atoms with Gasteiger partial charge in [0.2, 0.25) is 0 Å². The van der Waals surface area contributed by atoms with E-state index in [4.69, 9.17) is 4.74 Å². The lowest BCUT2D eigenvalue weighted by molar-refractivity contribution is 0.180. The van der Waals surface area contributed by atoms with Crippen LogP contribution in [-0.4, -0.2) is 38.2 Å². The fraction of sp³-hybridized carbons (Fsp3) is 0.429. The summed E-state index contributed by atoms with van der Waals surface area (Å²) in [7, 11) is 1.70. The Morgan fingerprint density at radius 1 is 1.47 bits per heavy atom. The highest BCUT2D eigenvalue weighted by molar-refractivity contribution is 5.29. The number of benzene rings is 1. The zero-order valence-electron chi connectivity index (χ0n) is 10.4. The summed E-state index contributed by atoms with van der Waals surface area (Å²) >= 11 is 0. The van der Waals surface area contributed by atoms with Gasteiger partial charge in [0, 0.05) is 32.2 Å². The topological polar surface area (TPSA) is 24.5 Å². The van der Waals surface area contributed by atoms with Crippen LogP contribution in [0, 0.1) is 0 Å². The summed E-state index contributed by atoms with van der Waals surface area (Å²) in [4.78, 5) is 2.45. The zero-order chi connectivity index (χ0) is 12.1. The highest BCUT2D eigenvalue weighted by atomic mass is 16.5. The standard InChI is InChI=1S/C14H20N2O/c1-3-9-16-10-8-15-11-14(16)12-4-6-13(17-2)7-5-12/h3-7,14-15H,1,8-11H2,2H3/t14-/m0/s1. The monoisotopic (exact) mass is 232 g/mol. The van der Waals surface area contributed by atoms with Crippen molar-refractivity contribution in [2.24, 2.45) is 0 Å². The predicted molar refractivity (Wildman–Crippen MR) is 70.4 cm³/mol. The summed E-state index contributed by atoms with van der Waals surface area (Å²) in [6, 6.07) is 8.78. The minimum Gasteiger partial charge on any atom is -0.497 e. The molecule has 92 valence electrons. The van der Waals surface area contributed by atoms with Crippen LogP contribution in [0.2, 0.25) is 0 Å². The molecule has 1 fully saturated rings. The summed E-state index contributed by atoms with van der Waals surface area (Å²) in [5, 5.41) is 3.44. The van der Waals surface area contributed by atoms with Gasteiger partial charge in [-0.3, -0.25) is 4.90 Å². The van der Waals surface area contributed by atoms with E-state index in [2.05, 4.69) is 28.9 Å². The quantitative estimate of drug-likeness (QED) is 0.802. The maximum Gasteiger partial charge on any atom is 0.118 e. The molecule has 1 aromatic rings. The normalized spacial score (nSPS) is 21.1. The number of piperazine rings is 1. The van der Waals surface area contributed by atoms with Crippen LogP contribution in [0.15, 0.2) is 36.9 Å². The van der Waals surface area contributed by atoms with E-state index in [1.54, 1.807) is 7.11 Å². The molecule has 3 heteroatoms. The smallest absolute Gasteiger partial charge is 0.118 e. The molecule has 1 N–H and O–H groups in total. The van der Waals surface area contributed by atoms with Crippen LogP contribution in [0.25, 0.3) is 0 Å². The molecule has 1 saturated heterocycles. The van der Waals surface area contributed by atoms with E-state index in [0.29, 0.717) is 6.04 Å². The Morgan fingerprint density at radius 3 is 2.88 bits per heavy atom. The van der Waals surface area contributed by atoms with E-state index in [0.717, 1.165) is 31.9 Å². The molecule has 1 aromatic carbocycles. The number of hydrogen-bond acceptors (Lipinski definition) is 3. The molecule has 0 saturated carbocycles. The molecule has 0 aromatic heterocycles. The highest BCUT2D eigenvalue weighted by Gasteiger charge is 2.22. The summed E-state index contributed by atoms with van der Waals surface area (Å²) in [6.45, 7) is 7.90. The molecule has 0 radical (unpaired) electrons. The summed E-state index contributed by atoms with van der Waals surface area (Å²) in [5.74, 6) is 0.910. The second-order valence-corrected chi connectivity index (χ2v) is 4.28. The third-order valence-corrected chi connectivity index (χ3v) is 3.22. The molecule has 1 aliphatic heterocycles. The lowest BCUT2D eigenvalue weighted by Crippen LogP contribution is -2.45. The molecule has 17 heavy (non-hydrogen) atoms. The van der Waals surface area contributed by atoms with Crippen molar-refractivity contribution in [2.45, 2.75) is 6.04 Å². The Labute approximate surface area is 103 Å². The van der Waals surface area contributed by atoms with Crippen molar-refractivity contribution >= 4 is 0 Å². The van der Waals surface area contributed by atoms with Gasteiger partial charge in [0.15, 0.2) is 0 Å². The summed E-state index contributed by atoms with van der Waals surface area (Å²) in [6.07, 6.45) is 1.97. The summed E-state index contributed by atoms with van der Waals surface area (Å²) < 4.78 is 5.19. The number of methoxy groups -OCH3 is 1. The van der Waals surface area contributed by atoms with Gasteiger partial charge in [-0.25, -0.2) is 0 Å². The molecule has 0 aliphatic carbocycles. The molecule has 1 heterocycles. The molecular weight excluding hydrogens is 212 g/mol. The van der Waals surface area contributed by atoms with Gasteiger partial charge in [-0.05, 0) is 17.7 Å². The largest absolute Gasteiger partial charge is 0.497 e. The van der Waals surface area contributed by atoms with Gasteiger partial charge < -0.3 is 10.1 Å². The third kappa shape index (κ3) is 2.87. The Morgan fingerprint density at radius 2 is 2.24 bits per heavy atom. The number of nitrogens with zero attached hydrogens (tertiary/aromatic N) is 1. The first-order valence-corrected chi connectivity index (χ1v) is 6.04. The fourth-order valence-corrected chi connectivity index (χ4v) is 2.29. The molecular formula is C14H20N2O. The van der Waals surface area contributed by atoms with Crippen molar-refractivity contribution in [3.05, 3.63) is 42.5 Å². The Balaban J connectivity index is 2.14. The zero-order valence-corrected chi connectivity index (χ0v) is 10.4. The average molecular weight is 232 g/mol. The van der Waals surface area contributed by atoms with Crippen LogP contribution in [0.1, 0.15) is 11.6 Å². The second kappa shape index (κ2) is 5.84. The van der Waals surface area contributed by atoms with Crippen molar-refractivity contribution in [1.82, 2.24) is 10.2 Å². The maximum atomic E-state index is 5.19. The van der Waals surface area contributed by atoms with Crippen molar-refractivity contribution in [2.75, 3.05) is 33.3 Å². The van der Waals surface area contributed by atoms with Crippen LogP contribution in [0.3, 0.4) is 0 Å². The third-order valence-electron chi connectivity index (χ3n) is 3.22. The van der Waals surface area contributed by atoms with Crippen molar-refractivity contribution < 1.29 is 4.74 Å². The van der Waals surface area contributed by atoms with Crippen LogP contribution in [-0.2, 0) is 0 Å². The van der Waals surface area contributed by atoms with Crippen LogP contribution in [0.4, 0.5) is 0 Å². The fourth-order valence-electron chi connectivity index (χ4n) is 2.29. The number of ether oxygens (including phenoxy) is 1. The van der Waals surface area contributed by atoms with Crippen molar-refractivity contribution in [3.8, 4) is 5.75 Å². The van der Waals surface area contributed by atoms with E-state index in [1.807, 2.05) is 18.2 Å². The first-order valence-electron chi connectivity index (χ1n) is 6.04. The van der Waals surface area contributed by atoms with Gasteiger partial charge in [-0.1, -0.05) is 18.2 Å². The van der Waals surface area contributed by atoms with Gasteiger partial charge in [0.1, 0.15) is 5.75 Å². The van der Waals surface area contributed by atoms with E-state index >= 15 is 0 Å². The first-order chi connectivity index (χ1) is 8.35. The maximum absolute atomic E-state index is 5.19. The number of rotatable bonds is 4. The van der Waals surface area contributed by atoms with Crippen LogP contribution in [0.5, 0.6) is 5.75 Å². The molecule has 1 atom stereocenters. The molecule has 0 bridgehead atoms. The molecule has 2 rings (SSSR count). The van der Waals surface area contributed by atoms with Crippen molar-refractivity contribution in [1.29, 1.82) is 0 Å². The predicted octanol–water partition coefficient (Wildman–Crippen LogP) is 1.83. The number of hydrogen-bond donors (Lipinski definition) is 1. The molecule has 3 nitrogen and oxygen atoms in total. The van der Waals surface area contributed by atoms with Gasteiger partial charge in [-0.2, -0.15) is 0 Å². The van der Waals surface area contributed by atoms with Crippen LogP contribution >= 0.6 is 0 Å². The van der Waals surface area contributed by atoms with E-state index < -0.39 is 0 Å². The number of nitrogens with one attached hydrogen (secondary N) is 1. The van der Waals surface area contributed by atoms with Gasteiger partial charge in [0.05, 0.1) is 7.11 Å². The lowest BCUT2D eigenvalue weighted by atomic mass is 10.0. The average Bonchev–Trinajstić information content (AvgIpc) is 2.40. The molecule has 0 spiro atoms. The van der Waals surface area contributed by atoms with E-state index in [1.165, 1.54) is 5.56 Å². The minimum absolute atomic E-state index is 0.438. The minimum atomic E-state index is 0.438. The van der Waals surface area contributed by atoms with Gasteiger partial charge in [0.25, 0.3) is 0 Å². The Kier molecular flexibility index (Phi) is 4.18. The first kappa shape index (κ1) is 12.1. The SMILES string of the molecule is C=CCN1CCNC[C@H]1c1ccc(OC)cc1. The molecule has 0 unspecified atom stereocenters. The van der Waals surface area contributed by atoms with Crippen molar-refractivity contribution in [3.63, 3.8) is 0 Å². The Hall–Kier alpha value is -1.32. The van der Waals surface area contributed by atoms with E-state index in [-0.39, 0.29) is 0 Å². The highest BCUT2D eigenvalue weighted by Crippen LogP contribution is 2.23. The molecule has 1 aliphatic rings. The Bertz CT molecular complexity index is 361. The van der Waals surface area contributed by atoms with Crippen LogP contribution < -0.4 is 10.1 Å². The lowest BCUT2D eigenvalue weighted by Gasteiger charge is -2.35.